The molecule has 2 aromatic rings. The lowest BCUT2D eigenvalue weighted by molar-refractivity contribution is 0.166. The van der Waals surface area contributed by atoms with Crippen LogP contribution < -0.4 is 0 Å². The molecular weight excluding hydrogens is 184 g/mol. The number of hydrogen-bond donors (Lipinski definition) is 0. The van der Waals surface area contributed by atoms with Gasteiger partial charge < -0.3 is 4.37 Å². The van der Waals surface area contributed by atoms with Gasteiger partial charge in [0.2, 0.25) is 0 Å². The molecule has 0 aromatic heterocycles. The maximum atomic E-state index is 3.24. The molecule has 2 aromatic carbocycles. The van der Waals surface area contributed by atoms with Gasteiger partial charge in [0.25, 0.3) is 18.5 Å². The molecule has 1 saturated heterocycles. The van der Waals surface area contributed by atoms with E-state index in [1.54, 1.807) is 0 Å². The normalized spacial score (nSPS) is 18.9. The Morgan fingerprint density at radius 1 is 0.800 bits per heavy atom. The van der Waals surface area contributed by atoms with E-state index in [4.69, 9.17) is 0 Å². The first-order valence-corrected chi connectivity index (χ1v) is 5.25. The topological polar surface area (TPSA) is 2.70 Å². The molecule has 0 aliphatic carbocycles. The Morgan fingerprint density at radius 2 is 1.40 bits per heavy atom. The maximum Gasteiger partial charge on any atom is 0.290 e. The Morgan fingerprint density at radius 3 is 2.07 bits per heavy atom. The quantitative estimate of drug-likeness (QED) is 0.510. The van der Waals surface area contributed by atoms with Gasteiger partial charge in [-0.1, -0.05) is 36.4 Å². The van der Waals surface area contributed by atoms with Crippen LogP contribution in [0.4, 0.5) is 0 Å². The Bertz CT molecular complexity index is 392. The molecule has 1 unspecified atom stereocenters. The summed E-state index contributed by atoms with van der Waals surface area (Å²) in [6.07, 6.45) is 0.508. The van der Waals surface area contributed by atoms with Crippen LogP contribution in [0, 0.1) is 0 Å². The minimum Gasteiger partial charge on any atom is -0.554 e. The molecule has 1 nitrogen and oxygen atoms in total. The highest BCUT2D eigenvalue weighted by Crippen LogP contribution is 2.48. The van der Waals surface area contributed by atoms with E-state index in [-0.39, 0.29) is 0 Å². The first kappa shape index (κ1) is 8.54. The fraction of sp³-hybridized carbons (Fsp3) is 0.143. The molecule has 1 heterocycles. The highest BCUT2D eigenvalue weighted by Gasteiger charge is 2.45. The lowest BCUT2D eigenvalue weighted by atomic mass is 10.2. The van der Waals surface area contributed by atoms with Gasteiger partial charge in [0.15, 0.2) is 0 Å². The molecule has 74 valence electrons. The van der Waals surface area contributed by atoms with Gasteiger partial charge in [0, 0.05) is 12.1 Å². The van der Waals surface area contributed by atoms with Crippen molar-refractivity contribution in [1.29, 1.82) is 0 Å². The molecule has 0 amide bonds. The van der Waals surface area contributed by atoms with Crippen LogP contribution in [0.3, 0.4) is 0 Å². The highest BCUT2D eigenvalue weighted by atomic mass is 16.8. The molecule has 0 saturated carbocycles. The number of benzene rings is 2. The van der Waals surface area contributed by atoms with Gasteiger partial charge in [0.1, 0.15) is 0 Å². The number of rotatable bonds is 2. The minimum atomic E-state index is 0.508. The maximum absolute atomic E-state index is 3.24. The van der Waals surface area contributed by atoms with Crippen molar-refractivity contribution in [3.8, 4) is 5.75 Å². The monoisotopic (exact) mass is 197 g/mol. The summed E-state index contributed by atoms with van der Waals surface area (Å²) >= 11 is 0. The van der Waals surface area contributed by atoms with Crippen LogP contribution in [0.1, 0.15) is 11.7 Å². The average molecular weight is 197 g/mol. The largest absolute Gasteiger partial charge is 0.554 e. The third-order valence-electron chi connectivity index (χ3n) is 2.78. The number of hydrogen-bond acceptors (Lipinski definition) is 0. The zero-order valence-electron chi connectivity index (χ0n) is 8.47. The van der Waals surface area contributed by atoms with Gasteiger partial charge in [-0.2, -0.15) is 0 Å². The second-order valence-corrected chi connectivity index (χ2v) is 3.81. The summed E-state index contributed by atoms with van der Waals surface area (Å²) in [6, 6.07) is 21.1. The summed E-state index contributed by atoms with van der Waals surface area (Å²) in [5.74, 6) is 1.24. The van der Waals surface area contributed by atoms with Crippen LogP contribution in [0.15, 0.2) is 60.7 Å². The molecule has 0 spiro atoms. The Hall–Kier alpha value is -1.76. The van der Waals surface area contributed by atoms with Gasteiger partial charge in [-0.3, -0.25) is 0 Å². The van der Waals surface area contributed by atoms with Crippen LogP contribution in [0.5, 0.6) is 5.75 Å². The number of epoxide rings is 1. The molecule has 1 aliphatic heterocycles. The summed E-state index contributed by atoms with van der Waals surface area (Å²) in [5.41, 5.74) is 1.38. The predicted molar refractivity (Wildman–Crippen MR) is 61.0 cm³/mol. The van der Waals surface area contributed by atoms with E-state index in [1.165, 1.54) is 11.3 Å². The SMILES string of the molecule is c1ccc(C2C[O+]2c2ccccc2)cc1. The van der Waals surface area contributed by atoms with Crippen LogP contribution in [-0.2, 0) is 4.37 Å². The van der Waals surface area contributed by atoms with E-state index in [0.29, 0.717) is 6.10 Å². The van der Waals surface area contributed by atoms with Gasteiger partial charge in [-0.15, -0.1) is 0 Å². The number of para-hydroxylation sites is 1. The molecule has 0 radical (unpaired) electrons. The fourth-order valence-electron chi connectivity index (χ4n) is 1.91. The van der Waals surface area contributed by atoms with Crippen molar-refractivity contribution in [1.82, 2.24) is 0 Å². The Labute approximate surface area is 89.6 Å². The van der Waals surface area contributed by atoms with E-state index in [2.05, 4.69) is 59.0 Å². The fourth-order valence-corrected chi connectivity index (χ4v) is 1.91. The smallest absolute Gasteiger partial charge is 0.290 e. The summed E-state index contributed by atoms with van der Waals surface area (Å²) in [4.78, 5) is 0. The summed E-state index contributed by atoms with van der Waals surface area (Å²) in [6.45, 7) is 1.06. The summed E-state index contributed by atoms with van der Waals surface area (Å²) < 4.78 is 3.24. The van der Waals surface area contributed by atoms with Gasteiger partial charge >= 0.3 is 0 Å². The Balaban J connectivity index is 1.81. The summed E-state index contributed by atoms with van der Waals surface area (Å²) in [5, 5.41) is 0. The van der Waals surface area contributed by atoms with Crippen molar-refractivity contribution in [2.24, 2.45) is 0 Å². The highest BCUT2D eigenvalue weighted by molar-refractivity contribution is 5.30. The molecule has 15 heavy (non-hydrogen) atoms. The van der Waals surface area contributed by atoms with Crippen LogP contribution in [0.2, 0.25) is 0 Å². The standard InChI is InChI=1S/C14H13O/c1-3-7-12(8-4-1)14-11-15(14)13-9-5-2-6-10-13/h1-10,14H,11H2/q+1. The van der Waals surface area contributed by atoms with Crippen molar-refractivity contribution >= 4 is 0 Å². The predicted octanol–water partition coefficient (Wildman–Crippen LogP) is 3.71. The van der Waals surface area contributed by atoms with E-state index in [0.717, 1.165) is 6.61 Å². The molecule has 1 fully saturated rings. The Kier molecular flexibility index (Phi) is 1.95. The zero-order valence-corrected chi connectivity index (χ0v) is 8.47. The zero-order chi connectivity index (χ0) is 10.1. The van der Waals surface area contributed by atoms with Crippen molar-refractivity contribution in [2.75, 3.05) is 6.61 Å². The minimum absolute atomic E-state index is 0.508. The van der Waals surface area contributed by atoms with Gasteiger partial charge in [0.05, 0.1) is 5.56 Å². The molecule has 0 bridgehead atoms. The first-order valence-electron chi connectivity index (χ1n) is 5.25. The van der Waals surface area contributed by atoms with E-state index >= 15 is 0 Å². The summed E-state index contributed by atoms with van der Waals surface area (Å²) in [7, 11) is 0. The van der Waals surface area contributed by atoms with E-state index in [9.17, 15) is 0 Å². The average Bonchev–Trinajstić information content (AvgIpc) is 3.11. The van der Waals surface area contributed by atoms with E-state index in [1.807, 2.05) is 6.07 Å². The van der Waals surface area contributed by atoms with Crippen LogP contribution in [-0.4, -0.2) is 6.61 Å². The second kappa shape index (κ2) is 3.43. The van der Waals surface area contributed by atoms with Crippen LogP contribution in [0.25, 0.3) is 0 Å². The third-order valence-corrected chi connectivity index (χ3v) is 2.78. The molecule has 1 atom stereocenters. The van der Waals surface area contributed by atoms with Gasteiger partial charge in [-0.05, 0) is 12.1 Å². The van der Waals surface area contributed by atoms with Crippen molar-refractivity contribution in [3.63, 3.8) is 0 Å². The molecule has 1 heteroatoms. The van der Waals surface area contributed by atoms with Crippen molar-refractivity contribution in [2.45, 2.75) is 6.10 Å². The van der Waals surface area contributed by atoms with Crippen molar-refractivity contribution < 1.29 is 4.37 Å². The molecule has 1 aliphatic rings. The molecule has 3 rings (SSSR count). The molecular formula is C14H13O+. The third kappa shape index (κ3) is 1.61. The van der Waals surface area contributed by atoms with Crippen LogP contribution >= 0.6 is 0 Å². The lowest BCUT2D eigenvalue weighted by Gasteiger charge is -2.02. The van der Waals surface area contributed by atoms with Crippen molar-refractivity contribution in [3.05, 3.63) is 66.2 Å². The molecule has 0 N–H and O–H groups in total. The van der Waals surface area contributed by atoms with E-state index < -0.39 is 0 Å². The lowest BCUT2D eigenvalue weighted by Crippen LogP contribution is -1.81. The first-order chi connectivity index (χ1) is 7.45. The van der Waals surface area contributed by atoms with Gasteiger partial charge in [-0.25, -0.2) is 0 Å². The second-order valence-electron chi connectivity index (χ2n) is 3.81.